The van der Waals surface area contributed by atoms with E-state index in [4.69, 9.17) is 11.6 Å². The van der Waals surface area contributed by atoms with E-state index in [0.29, 0.717) is 12.8 Å². The van der Waals surface area contributed by atoms with Crippen LogP contribution in [0.4, 0.5) is 0 Å². The number of sulfonamides is 1. The fourth-order valence-corrected chi connectivity index (χ4v) is 5.04. The highest BCUT2D eigenvalue weighted by Gasteiger charge is 2.45. The van der Waals surface area contributed by atoms with Gasteiger partial charge in [0, 0.05) is 18.0 Å². The molecule has 0 aromatic rings. The Balaban J connectivity index is 2.18. The zero-order chi connectivity index (χ0) is 11.1. The molecule has 2 saturated heterocycles. The summed E-state index contributed by atoms with van der Waals surface area (Å²) in [6, 6.07) is 0.0129. The van der Waals surface area contributed by atoms with Crippen molar-refractivity contribution in [1.29, 1.82) is 0 Å². The minimum atomic E-state index is -3.20. The van der Waals surface area contributed by atoms with Crippen LogP contribution in [-0.4, -0.2) is 47.7 Å². The molecule has 15 heavy (non-hydrogen) atoms. The molecule has 2 unspecified atom stereocenters. The number of hydrogen-bond acceptors (Lipinski definition) is 3. The minimum absolute atomic E-state index is 0.00645. The molecule has 0 aromatic heterocycles. The predicted molar refractivity (Wildman–Crippen MR) is 58.4 cm³/mol. The molecule has 2 bridgehead atoms. The van der Waals surface area contributed by atoms with Crippen LogP contribution in [0, 0.1) is 0 Å². The summed E-state index contributed by atoms with van der Waals surface area (Å²) in [5.41, 5.74) is 0. The van der Waals surface area contributed by atoms with Crippen molar-refractivity contribution in [3.05, 3.63) is 0 Å². The Kier molecular flexibility index (Phi) is 3.26. The van der Waals surface area contributed by atoms with Crippen molar-refractivity contribution in [2.24, 2.45) is 0 Å². The zero-order valence-corrected chi connectivity index (χ0v) is 10.0. The Morgan fingerprint density at radius 1 is 1.27 bits per heavy atom. The monoisotopic (exact) mass is 253 g/mol. The van der Waals surface area contributed by atoms with E-state index in [0.717, 1.165) is 12.8 Å². The highest BCUT2D eigenvalue weighted by atomic mass is 35.5. The fourth-order valence-electron chi connectivity index (χ4n) is 2.76. The Labute approximate surface area is 95.3 Å². The number of piperidine rings is 1. The smallest absolute Gasteiger partial charge is 0.215 e. The molecule has 0 spiro atoms. The zero-order valence-electron chi connectivity index (χ0n) is 8.47. The summed E-state index contributed by atoms with van der Waals surface area (Å²) in [6.07, 6.45) is 2.59. The molecule has 2 aliphatic heterocycles. The highest BCUT2D eigenvalue weighted by molar-refractivity contribution is 7.89. The number of alkyl halides is 1. The van der Waals surface area contributed by atoms with Crippen molar-refractivity contribution in [3.8, 4) is 0 Å². The number of nitrogens with zero attached hydrogens (tertiary/aromatic N) is 1. The van der Waals surface area contributed by atoms with Gasteiger partial charge in [0.1, 0.15) is 0 Å². The summed E-state index contributed by atoms with van der Waals surface area (Å²) < 4.78 is 25.4. The molecule has 0 aliphatic carbocycles. The van der Waals surface area contributed by atoms with Crippen molar-refractivity contribution in [2.45, 2.75) is 43.9 Å². The topological polar surface area (TPSA) is 57.6 Å². The van der Waals surface area contributed by atoms with Crippen molar-refractivity contribution in [3.63, 3.8) is 0 Å². The van der Waals surface area contributed by atoms with Gasteiger partial charge in [0.2, 0.25) is 10.0 Å². The average molecular weight is 254 g/mol. The van der Waals surface area contributed by atoms with E-state index in [1.165, 1.54) is 0 Å². The molecule has 0 saturated carbocycles. The van der Waals surface area contributed by atoms with Crippen LogP contribution in [0.5, 0.6) is 0 Å². The van der Waals surface area contributed by atoms with Gasteiger partial charge in [0.15, 0.2) is 0 Å². The summed E-state index contributed by atoms with van der Waals surface area (Å²) in [5, 5.41) is 9.56. The maximum absolute atomic E-state index is 11.9. The highest BCUT2D eigenvalue weighted by Crippen LogP contribution is 2.37. The second-order valence-corrected chi connectivity index (χ2v) is 6.72. The molecule has 88 valence electrons. The first-order chi connectivity index (χ1) is 7.04. The van der Waals surface area contributed by atoms with E-state index in [2.05, 4.69) is 0 Å². The molecule has 2 fully saturated rings. The van der Waals surface area contributed by atoms with Crippen LogP contribution in [-0.2, 0) is 10.0 Å². The number of rotatable bonds is 3. The molecule has 0 radical (unpaired) electrons. The van der Waals surface area contributed by atoms with Gasteiger partial charge in [0.05, 0.1) is 11.9 Å². The largest absolute Gasteiger partial charge is 0.393 e. The van der Waals surface area contributed by atoms with Crippen LogP contribution in [0.2, 0.25) is 0 Å². The number of hydrogen-bond donors (Lipinski definition) is 1. The molecule has 1 N–H and O–H groups in total. The predicted octanol–water partition coefficient (Wildman–Crippen LogP) is 0.543. The average Bonchev–Trinajstić information content (AvgIpc) is 2.40. The van der Waals surface area contributed by atoms with Gasteiger partial charge in [-0.2, -0.15) is 4.31 Å². The van der Waals surface area contributed by atoms with Crippen LogP contribution in [0.25, 0.3) is 0 Å². The first kappa shape index (κ1) is 11.6. The standard InChI is InChI=1S/C9H16ClNO3S/c10-3-4-15(13,14)11-7-1-2-8(11)6-9(12)5-7/h7-9,12H,1-6H2. The molecular weight excluding hydrogens is 238 g/mol. The Hall–Kier alpha value is 0.160. The van der Waals surface area contributed by atoms with Crippen LogP contribution in [0.1, 0.15) is 25.7 Å². The van der Waals surface area contributed by atoms with Crippen molar-refractivity contribution in [2.75, 3.05) is 11.6 Å². The van der Waals surface area contributed by atoms with Gasteiger partial charge < -0.3 is 5.11 Å². The number of halogens is 1. The third kappa shape index (κ3) is 2.16. The van der Waals surface area contributed by atoms with E-state index in [1.807, 2.05) is 0 Å². The maximum atomic E-state index is 11.9. The maximum Gasteiger partial charge on any atom is 0.215 e. The van der Waals surface area contributed by atoms with Gasteiger partial charge in [-0.25, -0.2) is 8.42 Å². The van der Waals surface area contributed by atoms with Crippen molar-refractivity contribution >= 4 is 21.6 Å². The summed E-state index contributed by atoms with van der Waals surface area (Å²) in [4.78, 5) is 0. The Morgan fingerprint density at radius 2 is 1.80 bits per heavy atom. The Morgan fingerprint density at radius 3 is 2.27 bits per heavy atom. The molecule has 4 nitrogen and oxygen atoms in total. The lowest BCUT2D eigenvalue weighted by molar-refractivity contribution is 0.0769. The summed E-state index contributed by atoms with van der Waals surface area (Å²) in [5.74, 6) is 0.151. The van der Waals surface area contributed by atoms with E-state index < -0.39 is 10.0 Å². The summed E-state index contributed by atoms with van der Waals surface area (Å²) in [7, 11) is -3.20. The SMILES string of the molecule is O=S(=O)(CCCl)N1C2CCC1CC(O)C2. The van der Waals surface area contributed by atoms with E-state index >= 15 is 0 Å². The molecular formula is C9H16ClNO3S. The van der Waals surface area contributed by atoms with Gasteiger partial charge in [-0.15, -0.1) is 11.6 Å². The normalized spacial score (nSPS) is 37.1. The first-order valence-corrected chi connectivity index (χ1v) is 7.44. The van der Waals surface area contributed by atoms with Crippen LogP contribution in [0.15, 0.2) is 0 Å². The van der Waals surface area contributed by atoms with Crippen molar-refractivity contribution < 1.29 is 13.5 Å². The molecule has 0 amide bonds. The second-order valence-electron chi connectivity index (χ2n) is 4.35. The van der Waals surface area contributed by atoms with Crippen LogP contribution < -0.4 is 0 Å². The Bertz CT molecular complexity index is 318. The number of fused-ring (bicyclic) bond motifs is 2. The minimum Gasteiger partial charge on any atom is -0.393 e. The number of aliphatic hydroxyl groups is 1. The van der Waals surface area contributed by atoms with Gasteiger partial charge >= 0.3 is 0 Å². The molecule has 2 rings (SSSR count). The lowest BCUT2D eigenvalue weighted by atomic mass is 10.0. The third-order valence-corrected chi connectivity index (χ3v) is 5.67. The first-order valence-electron chi connectivity index (χ1n) is 5.30. The van der Waals surface area contributed by atoms with E-state index in [-0.39, 0.29) is 29.8 Å². The molecule has 0 aromatic carbocycles. The van der Waals surface area contributed by atoms with Crippen molar-refractivity contribution in [1.82, 2.24) is 4.31 Å². The lowest BCUT2D eigenvalue weighted by Crippen LogP contribution is -2.48. The molecule has 2 atom stereocenters. The molecule has 2 heterocycles. The summed E-state index contributed by atoms with van der Waals surface area (Å²) >= 11 is 5.49. The van der Waals surface area contributed by atoms with Gasteiger partial charge in [0.25, 0.3) is 0 Å². The summed E-state index contributed by atoms with van der Waals surface area (Å²) in [6.45, 7) is 0. The van der Waals surface area contributed by atoms with E-state index in [9.17, 15) is 13.5 Å². The quantitative estimate of drug-likeness (QED) is 0.747. The second kappa shape index (κ2) is 4.20. The van der Waals surface area contributed by atoms with Gasteiger partial charge in [-0.1, -0.05) is 0 Å². The fraction of sp³-hybridized carbons (Fsp3) is 1.00. The third-order valence-electron chi connectivity index (χ3n) is 3.30. The van der Waals surface area contributed by atoms with Gasteiger partial charge in [-0.05, 0) is 25.7 Å². The van der Waals surface area contributed by atoms with Crippen LogP contribution in [0.3, 0.4) is 0 Å². The molecule has 2 aliphatic rings. The molecule has 6 heteroatoms. The lowest BCUT2D eigenvalue weighted by Gasteiger charge is -2.35. The van der Waals surface area contributed by atoms with Gasteiger partial charge in [-0.3, -0.25) is 0 Å². The van der Waals surface area contributed by atoms with Crippen LogP contribution >= 0.6 is 11.6 Å². The number of aliphatic hydroxyl groups excluding tert-OH is 1. The van der Waals surface area contributed by atoms with E-state index in [1.54, 1.807) is 4.31 Å².